The summed E-state index contributed by atoms with van der Waals surface area (Å²) < 4.78 is 3.23. The van der Waals surface area contributed by atoms with E-state index in [1.807, 2.05) is 18.7 Å². The lowest BCUT2D eigenvalue weighted by atomic mass is 10.2. The van der Waals surface area contributed by atoms with Crippen molar-refractivity contribution in [1.82, 2.24) is 15.1 Å². The molecule has 0 atom stereocenters. The van der Waals surface area contributed by atoms with E-state index in [1.165, 1.54) is 37.1 Å². The van der Waals surface area contributed by atoms with Gasteiger partial charge in [0.1, 0.15) is 0 Å². The van der Waals surface area contributed by atoms with Crippen molar-refractivity contribution in [2.75, 3.05) is 18.6 Å². The minimum absolute atomic E-state index is 0.903. The van der Waals surface area contributed by atoms with E-state index in [-0.39, 0.29) is 0 Å². The monoisotopic (exact) mass is 347 g/mol. The Bertz CT molecular complexity index is 366. The Kier molecular flexibility index (Phi) is 8.83. The second kappa shape index (κ2) is 9.83. The minimum Gasteiger partial charge on any atom is -0.311 e. The average Bonchev–Trinajstić information content (AvgIpc) is 2.69. The predicted molar refractivity (Wildman–Crippen MR) is 88.9 cm³/mol. The lowest BCUT2D eigenvalue weighted by Gasteiger charge is -2.07. The van der Waals surface area contributed by atoms with Gasteiger partial charge in [0.25, 0.3) is 0 Å². The molecule has 0 aliphatic carbocycles. The summed E-state index contributed by atoms with van der Waals surface area (Å²) in [6.45, 7) is 7.11. The van der Waals surface area contributed by atoms with E-state index >= 15 is 0 Å². The first kappa shape index (κ1) is 17.1. The van der Waals surface area contributed by atoms with E-state index in [0.717, 1.165) is 29.8 Å². The Balaban J connectivity index is 2.19. The van der Waals surface area contributed by atoms with Crippen molar-refractivity contribution in [3.63, 3.8) is 0 Å². The first-order valence-corrected chi connectivity index (χ1v) is 9.30. The summed E-state index contributed by atoms with van der Waals surface area (Å²) in [7, 11) is 0. The zero-order valence-electron chi connectivity index (χ0n) is 12.3. The fourth-order valence-electron chi connectivity index (χ4n) is 2.09. The van der Waals surface area contributed by atoms with Crippen LogP contribution in [-0.2, 0) is 13.1 Å². The van der Waals surface area contributed by atoms with E-state index in [1.54, 1.807) is 0 Å². The molecule has 0 aliphatic heterocycles. The molecule has 1 aromatic heterocycles. The van der Waals surface area contributed by atoms with Gasteiger partial charge in [-0.1, -0.05) is 12.8 Å². The fraction of sp³-hybridized carbons (Fsp3) is 0.786. The number of rotatable bonds is 10. The Labute approximate surface area is 130 Å². The van der Waals surface area contributed by atoms with Gasteiger partial charge in [0, 0.05) is 13.1 Å². The van der Waals surface area contributed by atoms with Crippen LogP contribution in [0, 0.1) is 6.92 Å². The van der Waals surface area contributed by atoms with E-state index in [4.69, 9.17) is 0 Å². The molecule has 19 heavy (non-hydrogen) atoms. The molecule has 0 fully saturated rings. The van der Waals surface area contributed by atoms with Gasteiger partial charge in [-0.2, -0.15) is 16.9 Å². The molecule has 0 saturated heterocycles. The summed E-state index contributed by atoms with van der Waals surface area (Å²) in [6, 6.07) is 0. The zero-order valence-corrected chi connectivity index (χ0v) is 14.7. The summed E-state index contributed by atoms with van der Waals surface area (Å²) >= 11 is 5.57. The van der Waals surface area contributed by atoms with Crippen molar-refractivity contribution < 1.29 is 0 Å². The van der Waals surface area contributed by atoms with E-state index in [9.17, 15) is 0 Å². The molecule has 110 valence electrons. The van der Waals surface area contributed by atoms with Crippen molar-refractivity contribution in [3.05, 3.63) is 15.9 Å². The molecule has 1 aromatic rings. The van der Waals surface area contributed by atoms with Crippen molar-refractivity contribution in [3.8, 4) is 0 Å². The molecule has 0 aromatic carbocycles. The third-order valence-corrected chi connectivity index (χ3v) is 4.93. The van der Waals surface area contributed by atoms with Crippen LogP contribution >= 0.6 is 27.7 Å². The molecule has 5 heteroatoms. The first-order chi connectivity index (χ1) is 9.20. The maximum absolute atomic E-state index is 4.50. The molecule has 0 amide bonds. The standard InChI is InChI=1S/C14H26BrN3S/c1-4-18-13(14(15)12(2)17-18)11-16-9-7-5-6-8-10-19-3/h16H,4-11H2,1-3H3. The van der Waals surface area contributed by atoms with Gasteiger partial charge in [-0.05, 0) is 61.2 Å². The first-order valence-electron chi connectivity index (χ1n) is 7.12. The normalized spacial score (nSPS) is 11.2. The van der Waals surface area contributed by atoms with Gasteiger partial charge in [-0.25, -0.2) is 0 Å². The number of unbranched alkanes of at least 4 members (excludes halogenated alkanes) is 3. The van der Waals surface area contributed by atoms with Crippen LogP contribution in [0.3, 0.4) is 0 Å². The summed E-state index contributed by atoms with van der Waals surface area (Å²) in [4.78, 5) is 0. The maximum Gasteiger partial charge on any atom is 0.0739 e. The number of aryl methyl sites for hydroxylation is 2. The predicted octanol–water partition coefficient (Wildman–Crippen LogP) is 3.99. The van der Waals surface area contributed by atoms with Gasteiger partial charge >= 0.3 is 0 Å². The molecule has 0 radical (unpaired) electrons. The number of nitrogens with one attached hydrogen (secondary N) is 1. The van der Waals surface area contributed by atoms with Gasteiger partial charge in [0.15, 0.2) is 0 Å². The molecular weight excluding hydrogens is 322 g/mol. The van der Waals surface area contributed by atoms with Crippen LogP contribution in [0.4, 0.5) is 0 Å². The molecule has 3 nitrogen and oxygen atoms in total. The molecule has 0 aliphatic rings. The molecule has 0 bridgehead atoms. The highest BCUT2D eigenvalue weighted by atomic mass is 79.9. The van der Waals surface area contributed by atoms with Gasteiger partial charge in [0.05, 0.1) is 15.9 Å². The lowest BCUT2D eigenvalue weighted by Crippen LogP contribution is -2.18. The maximum atomic E-state index is 4.50. The topological polar surface area (TPSA) is 29.9 Å². The van der Waals surface area contributed by atoms with E-state index < -0.39 is 0 Å². The Morgan fingerprint density at radius 1 is 1.26 bits per heavy atom. The van der Waals surface area contributed by atoms with E-state index in [0.29, 0.717) is 0 Å². The Morgan fingerprint density at radius 2 is 2.00 bits per heavy atom. The number of thioether (sulfide) groups is 1. The van der Waals surface area contributed by atoms with Crippen LogP contribution in [0.5, 0.6) is 0 Å². The highest BCUT2D eigenvalue weighted by molar-refractivity contribution is 9.10. The molecule has 1 rings (SSSR count). The largest absolute Gasteiger partial charge is 0.311 e. The SMILES string of the molecule is CCn1nc(C)c(Br)c1CNCCCCCCSC. The highest BCUT2D eigenvalue weighted by Crippen LogP contribution is 2.20. The highest BCUT2D eigenvalue weighted by Gasteiger charge is 2.10. The molecular formula is C14H26BrN3S. The number of hydrogen-bond donors (Lipinski definition) is 1. The quantitative estimate of drug-likeness (QED) is 0.649. The minimum atomic E-state index is 0.903. The number of halogens is 1. The van der Waals surface area contributed by atoms with Crippen molar-refractivity contribution in [1.29, 1.82) is 0 Å². The van der Waals surface area contributed by atoms with E-state index in [2.05, 4.69) is 44.2 Å². The van der Waals surface area contributed by atoms with Crippen LogP contribution in [0.15, 0.2) is 4.47 Å². The second-order valence-corrected chi connectivity index (χ2v) is 6.52. The third-order valence-electron chi connectivity index (χ3n) is 3.20. The number of hydrogen-bond acceptors (Lipinski definition) is 3. The molecule has 1 N–H and O–H groups in total. The van der Waals surface area contributed by atoms with Gasteiger partial charge < -0.3 is 5.32 Å². The van der Waals surface area contributed by atoms with Crippen LogP contribution in [-0.4, -0.2) is 28.3 Å². The van der Waals surface area contributed by atoms with Crippen LogP contribution in [0.25, 0.3) is 0 Å². The summed E-state index contributed by atoms with van der Waals surface area (Å²) in [5.74, 6) is 1.30. The van der Waals surface area contributed by atoms with Crippen LogP contribution in [0.2, 0.25) is 0 Å². The van der Waals surface area contributed by atoms with Crippen LogP contribution < -0.4 is 5.32 Å². The molecule has 0 unspecified atom stereocenters. The zero-order chi connectivity index (χ0) is 14.1. The van der Waals surface area contributed by atoms with Crippen molar-refractivity contribution in [2.45, 2.75) is 52.6 Å². The van der Waals surface area contributed by atoms with Crippen LogP contribution in [0.1, 0.15) is 44.0 Å². The molecule has 0 spiro atoms. The average molecular weight is 348 g/mol. The van der Waals surface area contributed by atoms with Gasteiger partial charge in [-0.3, -0.25) is 4.68 Å². The summed E-state index contributed by atoms with van der Waals surface area (Å²) in [5.41, 5.74) is 2.35. The number of nitrogens with zero attached hydrogens (tertiary/aromatic N) is 2. The molecule has 1 heterocycles. The van der Waals surface area contributed by atoms with Gasteiger partial charge in [0.2, 0.25) is 0 Å². The van der Waals surface area contributed by atoms with Crippen molar-refractivity contribution >= 4 is 27.7 Å². The number of aromatic nitrogens is 2. The second-order valence-electron chi connectivity index (χ2n) is 4.75. The van der Waals surface area contributed by atoms with Gasteiger partial charge in [-0.15, -0.1) is 0 Å². The third kappa shape index (κ3) is 5.88. The summed E-state index contributed by atoms with van der Waals surface area (Å²) in [5, 5.41) is 8.03. The Morgan fingerprint density at radius 3 is 2.68 bits per heavy atom. The van der Waals surface area contributed by atoms with Crippen molar-refractivity contribution in [2.24, 2.45) is 0 Å². The summed E-state index contributed by atoms with van der Waals surface area (Å²) in [6.07, 6.45) is 7.50. The lowest BCUT2D eigenvalue weighted by molar-refractivity contribution is 0.556. The fourth-order valence-corrected chi connectivity index (χ4v) is 3.01. The molecule has 0 saturated carbocycles. The Hall–Kier alpha value is -0.0000000000000000555. The smallest absolute Gasteiger partial charge is 0.0739 e.